The fourth-order valence-corrected chi connectivity index (χ4v) is 3.18. The van der Waals surface area contributed by atoms with Crippen molar-refractivity contribution >= 4 is 29.0 Å². The van der Waals surface area contributed by atoms with Crippen molar-refractivity contribution in [2.45, 2.75) is 27.3 Å². The van der Waals surface area contributed by atoms with Crippen molar-refractivity contribution in [2.24, 2.45) is 0 Å². The van der Waals surface area contributed by atoms with Crippen molar-refractivity contribution in [1.29, 1.82) is 0 Å². The normalized spacial score (nSPS) is 10.5. The molecular formula is C21H21ClN4O. The zero-order valence-corrected chi connectivity index (χ0v) is 16.3. The Balaban J connectivity index is 1.65. The molecule has 5 nitrogen and oxygen atoms in total. The minimum absolute atomic E-state index is 0.264. The fraction of sp³-hybridized carbons (Fsp3) is 0.190. The molecule has 0 fully saturated rings. The number of anilines is 2. The molecule has 0 bridgehead atoms. The van der Waals surface area contributed by atoms with Gasteiger partial charge in [0.2, 0.25) is 0 Å². The van der Waals surface area contributed by atoms with Crippen LogP contribution in [-0.4, -0.2) is 15.9 Å². The molecule has 0 saturated heterocycles. The number of aromatic nitrogens is 2. The molecule has 0 aliphatic carbocycles. The smallest absolute Gasteiger partial charge is 0.271 e. The van der Waals surface area contributed by atoms with Crippen molar-refractivity contribution in [3.63, 3.8) is 0 Å². The number of aryl methyl sites for hydroxylation is 3. The van der Waals surface area contributed by atoms with E-state index in [1.807, 2.05) is 57.2 Å². The standard InChI is InChI=1S/C21H21ClN4O/c1-13-5-4-6-16(8-13)10-25-21(27)18-11-24-19(12-23-18)26-20-15(3)7-14(2)9-17(20)22/h4-9,11-12H,10H2,1-3H3,(H,24,26)(H,25,27). The Bertz CT molecular complexity index is 947. The molecular weight excluding hydrogens is 360 g/mol. The number of amides is 1. The van der Waals surface area contributed by atoms with Crippen LogP contribution in [0.1, 0.15) is 32.7 Å². The molecule has 3 rings (SSSR count). The zero-order chi connectivity index (χ0) is 19.4. The molecule has 138 valence electrons. The lowest BCUT2D eigenvalue weighted by Gasteiger charge is -2.12. The largest absolute Gasteiger partial charge is 0.347 e. The van der Waals surface area contributed by atoms with Crippen molar-refractivity contribution in [2.75, 3.05) is 5.32 Å². The van der Waals surface area contributed by atoms with Gasteiger partial charge in [-0.3, -0.25) is 4.79 Å². The Morgan fingerprint density at radius 3 is 2.52 bits per heavy atom. The third-order valence-corrected chi connectivity index (χ3v) is 4.40. The van der Waals surface area contributed by atoms with Crippen LogP contribution < -0.4 is 10.6 Å². The molecule has 0 spiro atoms. The van der Waals surface area contributed by atoms with Gasteiger partial charge in [0, 0.05) is 6.54 Å². The molecule has 0 aliphatic rings. The van der Waals surface area contributed by atoms with Crippen LogP contribution in [-0.2, 0) is 6.54 Å². The predicted octanol–water partition coefficient (Wildman–Crippen LogP) is 4.73. The molecule has 1 amide bonds. The highest BCUT2D eigenvalue weighted by atomic mass is 35.5. The summed E-state index contributed by atoms with van der Waals surface area (Å²) in [6, 6.07) is 11.9. The van der Waals surface area contributed by atoms with Gasteiger partial charge in [0.05, 0.1) is 23.1 Å². The molecule has 0 aliphatic heterocycles. The topological polar surface area (TPSA) is 66.9 Å². The lowest BCUT2D eigenvalue weighted by molar-refractivity contribution is 0.0945. The zero-order valence-electron chi connectivity index (χ0n) is 15.5. The van der Waals surface area contributed by atoms with E-state index >= 15 is 0 Å². The minimum Gasteiger partial charge on any atom is -0.347 e. The minimum atomic E-state index is -0.264. The van der Waals surface area contributed by atoms with Crippen LogP contribution in [0.5, 0.6) is 0 Å². The van der Waals surface area contributed by atoms with Crippen LogP contribution in [0.15, 0.2) is 48.8 Å². The van der Waals surface area contributed by atoms with Gasteiger partial charge in [-0.15, -0.1) is 0 Å². The van der Waals surface area contributed by atoms with Crippen LogP contribution in [0.4, 0.5) is 11.5 Å². The van der Waals surface area contributed by atoms with E-state index in [0.29, 0.717) is 17.4 Å². The summed E-state index contributed by atoms with van der Waals surface area (Å²) >= 11 is 6.30. The van der Waals surface area contributed by atoms with Gasteiger partial charge in [0.15, 0.2) is 0 Å². The summed E-state index contributed by atoms with van der Waals surface area (Å²) in [5.74, 6) is 0.263. The van der Waals surface area contributed by atoms with Crippen molar-refractivity contribution in [3.8, 4) is 0 Å². The van der Waals surface area contributed by atoms with Gasteiger partial charge in [-0.25, -0.2) is 9.97 Å². The van der Waals surface area contributed by atoms with Crippen molar-refractivity contribution in [1.82, 2.24) is 15.3 Å². The monoisotopic (exact) mass is 380 g/mol. The predicted molar refractivity (Wildman–Crippen MR) is 109 cm³/mol. The van der Waals surface area contributed by atoms with Gasteiger partial charge >= 0.3 is 0 Å². The molecule has 2 aromatic carbocycles. The highest BCUT2D eigenvalue weighted by Gasteiger charge is 2.10. The first-order valence-corrected chi connectivity index (χ1v) is 9.00. The Morgan fingerprint density at radius 2 is 1.85 bits per heavy atom. The van der Waals surface area contributed by atoms with E-state index < -0.39 is 0 Å². The molecule has 2 N–H and O–H groups in total. The molecule has 0 unspecified atom stereocenters. The second-order valence-electron chi connectivity index (χ2n) is 6.52. The van der Waals surface area contributed by atoms with Crippen LogP contribution in [0.25, 0.3) is 0 Å². The highest BCUT2D eigenvalue weighted by Crippen LogP contribution is 2.29. The van der Waals surface area contributed by atoms with Gasteiger partial charge in [-0.2, -0.15) is 0 Å². The highest BCUT2D eigenvalue weighted by molar-refractivity contribution is 6.33. The lowest BCUT2D eigenvalue weighted by Crippen LogP contribution is -2.24. The maximum atomic E-state index is 12.3. The SMILES string of the molecule is Cc1cccc(CNC(=O)c2cnc(Nc3c(C)cc(C)cc3Cl)cn2)c1. The van der Waals surface area contributed by atoms with E-state index in [1.165, 1.54) is 12.4 Å². The van der Waals surface area contributed by atoms with E-state index in [-0.39, 0.29) is 11.6 Å². The Morgan fingerprint density at radius 1 is 1.04 bits per heavy atom. The number of hydrogen-bond donors (Lipinski definition) is 2. The maximum Gasteiger partial charge on any atom is 0.271 e. The molecule has 6 heteroatoms. The number of nitrogens with zero attached hydrogens (tertiary/aromatic N) is 2. The summed E-state index contributed by atoms with van der Waals surface area (Å²) in [4.78, 5) is 20.7. The van der Waals surface area contributed by atoms with Crippen LogP contribution >= 0.6 is 11.6 Å². The molecule has 3 aromatic rings. The van der Waals surface area contributed by atoms with E-state index in [2.05, 4.69) is 20.6 Å². The van der Waals surface area contributed by atoms with E-state index in [4.69, 9.17) is 11.6 Å². The molecule has 0 atom stereocenters. The van der Waals surface area contributed by atoms with Gasteiger partial charge in [0.1, 0.15) is 11.5 Å². The van der Waals surface area contributed by atoms with Crippen LogP contribution in [0.3, 0.4) is 0 Å². The quantitative estimate of drug-likeness (QED) is 0.671. The van der Waals surface area contributed by atoms with Crippen LogP contribution in [0, 0.1) is 20.8 Å². The van der Waals surface area contributed by atoms with Crippen LogP contribution in [0.2, 0.25) is 5.02 Å². The Labute approximate surface area is 163 Å². The number of benzene rings is 2. The Hall–Kier alpha value is -2.92. The van der Waals surface area contributed by atoms with E-state index in [0.717, 1.165) is 27.9 Å². The first-order valence-electron chi connectivity index (χ1n) is 8.62. The average molecular weight is 381 g/mol. The molecule has 1 heterocycles. The van der Waals surface area contributed by atoms with Crippen molar-refractivity contribution < 1.29 is 4.79 Å². The number of carbonyl (C=O) groups is 1. The number of halogens is 1. The van der Waals surface area contributed by atoms with Gasteiger partial charge in [-0.05, 0) is 43.5 Å². The summed E-state index contributed by atoms with van der Waals surface area (Å²) in [6.45, 7) is 6.43. The van der Waals surface area contributed by atoms with Gasteiger partial charge in [0.25, 0.3) is 5.91 Å². The lowest BCUT2D eigenvalue weighted by atomic mass is 10.1. The first kappa shape index (κ1) is 18.9. The van der Waals surface area contributed by atoms with Crippen molar-refractivity contribution in [3.05, 3.63) is 81.8 Å². The third kappa shape index (κ3) is 4.83. The number of nitrogens with one attached hydrogen (secondary N) is 2. The number of hydrogen-bond acceptors (Lipinski definition) is 4. The molecule has 27 heavy (non-hydrogen) atoms. The number of carbonyl (C=O) groups excluding carboxylic acids is 1. The second kappa shape index (κ2) is 8.18. The summed E-state index contributed by atoms with van der Waals surface area (Å²) in [5, 5.41) is 6.63. The molecule has 0 radical (unpaired) electrons. The maximum absolute atomic E-state index is 12.3. The summed E-state index contributed by atoms with van der Waals surface area (Å²) in [7, 11) is 0. The summed E-state index contributed by atoms with van der Waals surface area (Å²) in [6.07, 6.45) is 2.97. The fourth-order valence-electron chi connectivity index (χ4n) is 2.81. The van der Waals surface area contributed by atoms with E-state index in [9.17, 15) is 4.79 Å². The summed E-state index contributed by atoms with van der Waals surface area (Å²) < 4.78 is 0. The third-order valence-electron chi connectivity index (χ3n) is 4.10. The Kier molecular flexibility index (Phi) is 5.72. The van der Waals surface area contributed by atoms with Gasteiger partial charge in [-0.1, -0.05) is 47.5 Å². The first-order chi connectivity index (χ1) is 12.9. The molecule has 0 saturated carbocycles. The second-order valence-corrected chi connectivity index (χ2v) is 6.93. The van der Waals surface area contributed by atoms with Gasteiger partial charge < -0.3 is 10.6 Å². The summed E-state index contributed by atoms with van der Waals surface area (Å²) in [5.41, 5.74) is 5.35. The average Bonchev–Trinajstić information content (AvgIpc) is 2.63. The number of rotatable bonds is 5. The van der Waals surface area contributed by atoms with E-state index in [1.54, 1.807) is 0 Å². The molecule has 1 aromatic heterocycles.